The van der Waals surface area contributed by atoms with Crippen molar-refractivity contribution < 1.29 is 23.2 Å². The van der Waals surface area contributed by atoms with Crippen molar-refractivity contribution in [3.05, 3.63) is 0 Å². The van der Waals surface area contributed by atoms with Crippen molar-refractivity contribution in [2.24, 2.45) is 5.41 Å². The maximum atomic E-state index is 12.0. The summed E-state index contributed by atoms with van der Waals surface area (Å²) in [6.07, 6.45) is 0.882. The van der Waals surface area contributed by atoms with E-state index in [1.807, 2.05) is 0 Å². The van der Waals surface area contributed by atoms with Gasteiger partial charge >= 0.3 is 7.82 Å². The molecular weight excluding hydrogens is 267 g/mol. The third-order valence-electron chi connectivity index (χ3n) is 2.62. The summed E-state index contributed by atoms with van der Waals surface area (Å²) in [4.78, 5) is 9.78. The van der Waals surface area contributed by atoms with Crippen LogP contribution in [0.4, 0.5) is 0 Å². The number of hydrogen-bond donors (Lipinski definition) is 1. The molecule has 5 nitrogen and oxygen atoms in total. The fraction of sp³-hybridized carbons (Fsp3) is 1.00. The Morgan fingerprint density at radius 2 is 1.84 bits per heavy atom. The number of phosphoric acid groups is 1. The van der Waals surface area contributed by atoms with E-state index in [1.165, 1.54) is 0 Å². The molecule has 19 heavy (non-hydrogen) atoms. The third-order valence-corrected chi connectivity index (χ3v) is 3.94. The van der Waals surface area contributed by atoms with Gasteiger partial charge in [-0.3, -0.25) is 9.05 Å². The molecule has 3 atom stereocenters. The first-order chi connectivity index (χ1) is 8.38. The molecule has 0 spiro atoms. The average Bonchev–Trinajstić information content (AvgIpc) is 2.43. The Kier molecular flexibility index (Phi) is 5.25. The van der Waals surface area contributed by atoms with E-state index in [4.69, 9.17) is 13.8 Å². The van der Waals surface area contributed by atoms with Gasteiger partial charge in [0.1, 0.15) is 0 Å². The standard InChI is InChI=1S/C13H27O5P/c1-12(2,3)9-11-10(7-8-16-11)17-19(14,15)18-13(4,5)6/h10-11H,7-9H2,1-6H3,(H,14,15)/t10?,11-/m1/s1. The maximum absolute atomic E-state index is 12.0. The first kappa shape index (κ1) is 17.1. The highest BCUT2D eigenvalue weighted by molar-refractivity contribution is 7.47. The van der Waals surface area contributed by atoms with Crippen molar-refractivity contribution in [3.63, 3.8) is 0 Å². The van der Waals surface area contributed by atoms with Crippen molar-refractivity contribution >= 4 is 7.82 Å². The van der Waals surface area contributed by atoms with Crippen molar-refractivity contribution in [3.8, 4) is 0 Å². The average molecular weight is 294 g/mol. The van der Waals surface area contributed by atoms with Gasteiger partial charge in [-0.2, -0.15) is 0 Å². The largest absolute Gasteiger partial charge is 0.473 e. The molecule has 1 heterocycles. The second-order valence-corrected chi connectivity index (χ2v) is 8.61. The quantitative estimate of drug-likeness (QED) is 0.804. The molecule has 0 aromatic carbocycles. The molecule has 1 aliphatic rings. The summed E-state index contributed by atoms with van der Waals surface area (Å²) in [5.74, 6) is 0. The molecule has 1 aliphatic heterocycles. The van der Waals surface area contributed by atoms with E-state index in [9.17, 15) is 9.46 Å². The first-order valence-electron chi connectivity index (χ1n) is 6.72. The van der Waals surface area contributed by atoms with Gasteiger partial charge in [0.25, 0.3) is 0 Å². The molecule has 2 unspecified atom stereocenters. The zero-order valence-electron chi connectivity index (χ0n) is 12.8. The van der Waals surface area contributed by atoms with E-state index in [0.717, 1.165) is 6.42 Å². The Labute approximate surface area is 116 Å². The third kappa shape index (κ3) is 6.87. The van der Waals surface area contributed by atoms with Gasteiger partial charge in [-0.05, 0) is 32.6 Å². The summed E-state index contributed by atoms with van der Waals surface area (Å²) in [5, 5.41) is 0. The summed E-state index contributed by atoms with van der Waals surface area (Å²) >= 11 is 0. The molecule has 1 rings (SSSR count). The summed E-state index contributed by atoms with van der Waals surface area (Å²) in [7, 11) is -4.05. The van der Waals surface area contributed by atoms with Crippen LogP contribution in [-0.4, -0.2) is 29.3 Å². The summed E-state index contributed by atoms with van der Waals surface area (Å²) in [6.45, 7) is 12.0. The second-order valence-electron chi connectivity index (χ2n) is 7.28. The molecule has 0 aliphatic carbocycles. The molecule has 114 valence electrons. The van der Waals surface area contributed by atoms with Gasteiger partial charge in [0, 0.05) is 13.0 Å². The van der Waals surface area contributed by atoms with E-state index in [-0.39, 0.29) is 17.6 Å². The molecule has 0 aromatic heterocycles. The topological polar surface area (TPSA) is 65.0 Å². The van der Waals surface area contributed by atoms with E-state index in [0.29, 0.717) is 13.0 Å². The summed E-state index contributed by atoms with van der Waals surface area (Å²) < 4.78 is 28.0. The molecular formula is C13H27O5P. The minimum atomic E-state index is -4.05. The lowest BCUT2D eigenvalue weighted by Gasteiger charge is -2.29. The van der Waals surface area contributed by atoms with Gasteiger partial charge < -0.3 is 9.63 Å². The molecule has 1 N–H and O–H groups in total. The highest BCUT2D eigenvalue weighted by Gasteiger charge is 2.39. The Morgan fingerprint density at radius 1 is 1.26 bits per heavy atom. The van der Waals surface area contributed by atoms with Crippen molar-refractivity contribution in [2.75, 3.05) is 6.61 Å². The predicted octanol–water partition coefficient (Wildman–Crippen LogP) is 3.51. The molecule has 6 heteroatoms. The van der Waals surface area contributed by atoms with Crippen molar-refractivity contribution in [1.82, 2.24) is 0 Å². The van der Waals surface area contributed by atoms with Gasteiger partial charge in [-0.1, -0.05) is 20.8 Å². The number of ether oxygens (including phenoxy) is 1. The fourth-order valence-corrected chi connectivity index (χ4v) is 3.40. The van der Waals surface area contributed by atoms with Gasteiger partial charge in [-0.25, -0.2) is 4.57 Å². The lowest BCUT2D eigenvalue weighted by atomic mass is 9.88. The second kappa shape index (κ2) is 5.82. The number of phosphoric ester groups is 1. The van der Waals surface area contributed by atoms with Crippen LogP contribution in [0.1, 0.15) is 54.4 Å². The lowest BCUT2D eigenvalue weighted by Crippen LogP contribution is -2.29. The van der Waals surface area contributed by atoms with Crippen LogP contribution in [0, 0.1) is 5.41 Å². The summed E-state index contributed by atoms with van der Waals surface area (Å²) in [5.41, 5.74) is -0.635. The van der Waals surface area contributed by atoms with Crippen LogP contribution >= 0.6 is 7.82 Å². The van der Waals surface area contributed by atoms with E-state index in [1.54, 1.807) is 20.8 Å². The van der Waals surface area contributed by atoms with Crippen LogP contribution in [0.3, 0.4) is 0 Å². The molecule has 0 bridgehead atoms. The lowest BCUT2D eigenvalue weighted by molar-refractivity contribution is -0.00534. The SMILES string of the molecule is CC(C)(C)C[C@H]1OCCC1OP(=O)(O)OC(C)(C)C. The van der Waals surface area contributed by atoms with E-state index >= 15 is 0 Å². The Bertz CT molecular complexity index is 342. The zero-order valence-corrected chi connectivity index (χ0v) is 13.7. The van der Waals surface area contributed by atoms with Crippen LogP contribution in [-0.2, 0) is 18.3 Å². The molecule has 0 saturated carbocycles. The molecule has 0 amide bonds. The predicted molar refractivity (Wildman–Crippen MR) is 74.0 cm³/mol. The van der Waals surface area contributed by atoms with Crippen LogP contribution in [0.15, 0.2) is 0 Å². The van der Waals surface area contributed by atoms with Gasteiger partial charge in [-0.15, -0.1) is 0 Å². The summed E-state index contributed by atoms with van der Waals surface area (Å²) in [6, 6.07) is 0. The Morgan fingerprint density at radius 3 is 2.32 bits per heavy atom. The van der Waals surface area contributed by atoms with E-state index in [2.05, 4.69) is 20.8 Å². The van der Waals surface area contributed by atoms with Gasteiger partial charge in [0.05, 0.1) is 17.8 Å². The number of rotatable bonds is 4. The van der Waals surface area contributed by atoms with Crippen LogP contribution in [0.25, 0.3) is 0 Å². The van der Waals surface area contributed by atoms with Gasteiger partial charge in [0.2, 0.25) is 0 Å². The highest BCUT2D eigenvalue weighted by Crippen LogP contribution is 2.50. The minimum absolute atomic E-state index is 0.0843. The maximum Gasteiger partial charge on any atom is 0.473 e. The first-order valence-corrected chi connectivity index (χ1v) is 8.21. The van der Waals surface area contributed by atoms with Crippen LogP contribution < -0.4 is 0 Å². The smallest absolute Gasteiger partial charge is 0.375 e. The van der Waals surface area contributed by atoms with Crippen molar-refractivity contribution in [1.29, 1.82) is 0 Å². The monoisotopic (exact) mass is 294 g/mol. The minimum Gasteiger partial charge on any atom is -0.375 e. The van der Waals surface area contributed by atoms with Crippen LogP contribution in [0.5, 0.6) is 0 Å². The van der Waals surface area contributed by atoms with Gasteiger partial charge in [0.15, 0.2) is 0 Å². The van der Waals surface area contributed by atoms with Crippen molar-refractivity contribution in [2.45, 2.75) is 72.2 Å². The molecule has 0 aromatic rings. The van der Waals surface area contributed by atoms with Crippen LogP contribution in [0.2, 0.25) is 0 Å². The Balaban J connectivity index is 2.62. The molecule has 1 saturated heterocycles. The van der Waals surface area contributed by atoms with E-state index < -0.39 is 13.4 Å². The molecule has 1 fully saturated rings. The number of hydrogen-bond acceptors (Lipinski definition) is 4. The fourth-order valence-electron chi connectivity index (χ4n) is 2.08. The zero-order chi connectivity index (χ0) is 14.9. The highest BCUT2D eigenvalue weighted by atomic mass is 31.2. The Hall–Kier alpha value is 0.0700. The molecule has 0 radical (unpaired) electrons. The normalized spacial score (nSPS) is 28.4.